The number of benzene rings is 2. The maximum atomic E-state index is 14.7. The molecule has 7 rings (SSSR count). The van der Waals surface area contributed by atoms with Gasteiger partial charge in [-0.3, -0.25) is 33.7 Å². The van der Waals surface area contributed by atoms with Gasteiger partial charge in [-0.25, -0.2) is 5.43 Å². The van der Waals surface area contributed by atoms with Crippen molar-refractivity contribution in [3.8, 4) is 22.4 Å². The second-order valence-corrected chi connectivity index (χ2v) is 19.5. The van der Waals surface area contributed by atoms with Crippen LogP contribution in [0.1, 0.15) is 70.7 Å². The van der Waals surface area contributed by atoms with Gasteiger partial charge in [-0.15, -0.1) is 0 Å². The molecule has 15 heteroatoms. The molecule has 2 aromatic heterocycles. The zero-order valence-corrected chi connectivity index (χ0v) is 39.6. The van der Waals surface area contributed by atoms with Crippen LogP contribution >= 0.6 is 0 Å². The van der Waals surface area contributed by atoms with Crippen LogP contribution in [0, 0.1) is 17.3 Å². The number of aromatic nitrogens is 3. The minimum absolute atomic E-state index is 0.153. The normalized spacial score (nSPS) is 20.8. The number of amides is 4. The summed E-state index contributed by atoms with van der Waals surface area (Å²) in [5.74, 6) is -2.52. The fourth-order valence-electron chi connectivity index (χ4n) is 9.98. The third-order valence-corrected chi connectivity index (χ3v) is 13.3. The number of hydrogen-bond acceptors (Lipinski definition) is 9. The summed E-state index contributed by atoms with van der Waals surface area (Å²) in [5.41, 5.74) is 11.0. The van der Waals surface area contributed by atoms with Crippen LogP contribution < -0.4 is 10.7 Å². The smallest absolute Gasteiger partial charge is 0.324 e. The lowest BCUT2D eigenvalue weighted by molar-refractivity contribution is -0.155. The van der Waals surface area contributed by atoms with Gasteiger partial charge in [0.15, 0.2) is 0 Å². The van der Waals surface area contributed by atoms with Crippen molar-refractivity contribution < 1.29 is 28.7 Å². The van der Waals surface area contributed by atoms with E-state index in [1.165, 1.54) is 16.0 Å². The van der Waals surface area contributed by atoms with Gasteiger partial charge in [0.05, 0.1) is 30.1 Å². The van der Waals surface area contributed by atoms with Gasteiger partial charge in [0.1, 0.15) is 18.1 Å². The SMILES string of the molecule is C=CC(=O)N1CC[C@H](C(=O)N(C)C(C(=O)N[C@H]2Cc3cccc(c3)-c3ccc4c(c3)c(c(-c3cnn(C)c3CN(C)C)n4CC)CC(C)(C)COC(=O)[C@@H]3CCCN(N3)C2=O)C(C)C)C1. The number of rotatable bonds is 10. The van der Waals surface area contributed by atoms with Crippen LogP contribution in [0.2, 0.25) is 0 Å². The Morgan fingerprint density at radius 3 is 2.52 bits per heavy atom. The number of hydrazine groups is 1. The van der Waals surface area contributed by atoms with E-state index in [9.17, 15) is 24.0 Å². The second kappa shape index (κ2) is 19.4. The Bertz CT molecular complexity index is 2470. The Hall–Kier alpha value is -5.80. The van der Waals surface area contributed by atoms with Gasteiger partial charge < -0.3 is 29.3 Å². The van der Waals surface area contributed by atoms with E-state index in [1.807, 2.05) is 43.9 Å². The predicted molar refractivity (Wildman–Crippen MR) is 251 cm³/mol. The van der Waals surface area contributed by atoms with E-state index in [0.717, 1.165) is 56.7 Å². The largest absolute Gasteiger partial charge is 0.464 e. The maximum absolute atomic E-state index is 14.7. The lowest BCUT2D eigenvalue weighted by atomic mass is 9.84. The lowest BCUT2D eigenvalue weighted by Gasteiger charge is -2.37. The molecule has 0 aliphatic carbocycles. The molecule has 2 saturated heterocycles. The second-order valence-electron chi connectivity index (χ2n) is 19.5. The molecular weight excluding hydrogens is 823 g/mol. The van der Waals surface area contributed by atoms with Crippen LogP contribution in [0.3, 0.4) is 0 Å². The molecule has 0 saturated carbocycles. The molecule has 4 amide bonds. The number of cyclic esters (lactones) is 1. The van der Waals surface area contributed by atoms with Crippen LogP contribution in [-0.2, 0) is 61.7 Å². The minimum Gasteiger partial charge on any atom is -0.464 e. The highest BCUT2D eigenvalue weighted by Gasteiger charge is 2.40. The standard InChI is InChI=1S/C50H67N9O6/c1-11-43(60)57-22-20-35(28-57)47(62)55(9)44(31(3)4)46(61)52-40-24-32-15-13-16-33(23-32)34-18-19-41-36(25-34)37(45(58(41)12-2)38-27-51-56(10)42(38)29-54(7)8)26-50(5,6)30-65-49(64)39-17-14-21-59(53-39)48(40)63/h11,13,15-16,18-19,23,25,27,31,35,39-40,44,53H,1,12,14,17,20-22,24,26,28-30H2,2-10H3,(H,52,61)/t35-,39-,40-,44?/m0/s1. The number of aryl methyl sites for hydroxylation is 2. The summed E-state index contributed by atoms with van der Waals surface area (Å²) in [6.07, 6.45) is 5.50. The molecule has 5 heterocycles. The van der Waals surface area contributed by atoms with Gasteiger partial charge in [-0.1, -0.05) is 64.6 Å². The molecule has 6 bridgehead atoms. The molecule has 348 valence electrons. The van der Waals surface area contributed by atoms with E-state index in [-0.39, 0.29) is 37.3 Å². The van der Waals surface area contributed by atoms with E-state index in [4.69, 9.17) is 9.84 Å². The van der Waals surface area contributed by atoms with Crippen molar-refractivity contribution in [1.29, 1.82) is 0 Å². The van der Waals surface area contributed by atoms with Gasteiger partial charge in [0.2, 0.25) is 17.7 Å². The first-order valence-electron chi connectivity index (χ1n) is 23.0. The van der Waals surface area contributed by atoms with Gasteiger partial charge in [-0.2, -0.15) is 5.10 Å². The van der Waals surface area contributed by atoms with Gasteiger partial charge >= 0.3 is 5.97 Å². The summed E-state index contributed by atoms with van der Waals surface area (Å²) in [4.78, 5) is 74.5. The van der Waals surface area contributed by atoms with Crippen molar-refractivity contribution in [3.63, 3.8) is 0 Å². The lowest BCUT2D eigenvalue weighted by Crippen LogP contribution is -2.62. The maximum Gasteiger partial charge on any atom is 0.324 e. The molecule has 4 atom stereocenters. The fourth-order valence-corrected chi connectivity index (χ4v) is 9.98. The van der Waals surface area contributed by atoms with Gasteiger partial charge in [-0.05, 0) is 93.1 Å². The van der Waals surface area contributed by atoms with Gasteiger partial charge in [0.25, 0.3) is 5.91 Å². The summed E-state index contributed by atoms with van der Waals surface area (Å²) >= 11 is 0. The van der Waals surface area contributed by atoms with Crippen molar-refractivity contribution >= 4 is 40.5 Å². The summed E-state index contributed by atoms with van der Waals surface area (Å²) in [5, 5.41) is 10.4. The first-order chi connectivity index (χ1) is 30.9. The van der Waals surface area contributed by atoms with E-state index in [2.05, 4.69) is 92.0 Å². The minimum atomic E-state index is -1.04. The Kier molecular flexibility index (Phi) is 14.0. The number of nitrogens with zero attached hydrogens (tertiary/aromatic N) is 7. The number of likely N-dealkylation sites (tertiary alicyclic amines) is 1. The zero-order chi connectivity index (χ0) is 46.9. The molecule has 3 aliphatic rings. The van der Waals surface area contributed by atoms with Crippen LogP contribution in [0.25, 0.3) is 33.3 Å². The average molecular weight is 890 g/mol. The van der Waals surface area contributed by atoms with Gasteiger partial charge in [0, 0.05) is 75.1 Å². The number of esters is 1. The van der Waals surface area contributed by atoms with E-state index >= 15 is 0 Å². The average Bonchev–Trinajstić information content (AvgIpc) is 3.99. The molecule has 1 unspecified atom stereocenters. The highest BCUT2D eigenvalue weighted by molar-refractivity contribution is 5.96. The number of ether oxygens (including phenoxy) is 1. The van der Waals surface area contributed by atoms with E-state index in [0.29, 0.717) is 45.3 Å². The van der Waals surface area contributed by atoms with Crippen molar-refractivity contribution in [3.05, 3.63) is 78.1 Å². The third kappa shape index (κ3) is 9.91. The summed E-state index contributed by atoms with van der Waals surface area (Å²) in [6.45, 7) is 16.3. The van der Waals surface area contributed by atoms with Crippen LogP contribution in [-0.4, -0.2) is 129 Å². The predicted octanol–water partition coefficient (Wildman–Crippen LogP) is 4.96. The van der Waals surface area contributed by atoms with Crippen LogP contribution in [0.5, 0.6) is 0 Å². The fraction of sp³-hybridized carbons (Fsp3) is 0.520. The number of nitrogens with one attached hydrogen (secondary N) is 2. The Labute approximate surface area is 383 Å². The zero-order valence-electron chi connectivity index (χ0n) is 39.6. The quantitative estimate of drug-likeness (QED) is 0.166. The van der Waals surface area contributed by atoms with Crippen molar-refractivity contribution in [1.82, 2.24) is 44.8 Å². The molecule has 3 aliphatic heterocycles. The summed E-state index contributed by atoms with van der Waals surface area (Å²) in [6, 6.07) is 11.9. The third-order valence-electron chi connectivity index (χ3n) is 13.3. The monoisotopic (exact) mass is 890 g/mol. The number of likely N-dealkylation sites (N-methyl/N-ethyl adjacent to an activating group) is 1. The molecule has 0 spiro atoms. The molecule has 65 heavy (non-hydrogen) atoms. The Balaban J connectivity index is 1.28. The van der Waals surface area contributed by atoms with Crippen molar-refractivity contribution in [2.75, 3.05) is 47.4 Å². The van der Waals surface area contributed by atoms with Crippen molar-refractivity contribution in [2.24, 2.45) is 24.3 Å². The Morgan fingerprint density at radius 2 is 1.82 bits per heavy atom. The molecule has 2 fully saturated rings. The number of hydrogen-bond donors (Lipinski definition) is 2. The van der Waals surface area contributed by atoms with Crippen LogP contribution in [0.4, 0.5) is 0 Å². The molecular formula is C50H67N9O6. The Morgan fingerprint density at radius 1 is 1.06 bits per heavy atom. The summed E-state index contributed by atoms with van der Waals surface area (Å²) in [7, 11) is 7.71. The topological polar surface area (TPSA) is 154 Å². The molecule has 2 aromatic carbocycles. The number of carbonyl (C=O) groups is 5. The van der Waals surface area contributed by atoms with Crippen LogP contribution in [0.15, 0.2) is 61.3 Å². The molecule has 0 radical (unpaired) electrons. The van der Waals surface area contributed by atoms with E-state index in [1.54, 1.807) is 11.9 Å². The number of carbonyl (C=O) groups excluding carboxylic acids is 5. The van der Waals surface area contributed by atoms with E-state index < -0.39 is 47.2 Å². The first kappa shape index (κ1) is 47.2. The molecule has 4 aromatic rings. The number of fused-ring (bicyclic) bond motifs is 6. The molecule has 2 N–H and O–H groups in total. The summed E-state index contributed by atoms with van der Waals surface area (Å²) < 4.78 is 10.4. The highest BCUT2D eigenvalue weighted by atomic mass is 16.5. The first-order valence-corrected chi connectivity index (χ1v) is 23.0. The van der Waals surface area contributed by atoms with Crippen molar-refractivity contribution in [2.45, 2.75) is 97.9 Å². The molecule has 15 nitrogen and oxygen atoms in total. The highest BCUT2D eigenvalue weighted by Crippen LogP contribution is 2.41.